The molecule has 0 saturated heterocycles. The minimum Gasteiger partial charge on any atom is -0.491 e. The van der Waals surface area contributed by atoms with Gasteiger partial charge in [-0.1, -0.05) is 0 Å². The van der Waals surface area contributed by atoms with Crippen LogP contribution in [0, 0.1) is 5.82 Å². The molecule has 0 aliphatic rings. The second-order valence-corrected chi connectivity index (χ2v) is 5.54. The van der Waals surface area contributed by atoms with Crippen LogP contribution in [0.1, 0.15) is 25.6 Å². The highest BCUT2D eigenvalue weighted by Gasteiger charge is 2.18. The first-order valence-electron chi connectivity index (χ1n) is 6.97. The first-order chi connectivity index (χ1) is 11.0. The Hall–Kier alpha value is -2.22. The van der Waals surface area contributed by atoms with Crippen molar-refractivity contribution >= 4 is 27.8 Å². The van der Waals surface area contributed by atoms with Crippen LogP contribution >= 0.6 is 15.9 Å². The number of halogens is 2. The highest BCUT2D eigenvalue weighted by Crippen LogP contribution is 2.23. The van der Waals surface area contributed by atoms with Crippen molar-refractivity contribution in [2.24, 2.45) is 0 Å². The van der Waals surface area contributed by atoms with Crippen molar-refractivity contribution in [3.63, 3.8) is 0 Å². The van der Waals surface area contributed by atoms with E-state index in [4.69, 9.17) is 4.74 Å². The molecule has 8 heteroatoms. The van der Waals surface area contributed by atoms with Crippen LogP contribution in [0.25, 0.3) is 0 Å². The van der Waals surface area contributed by atoms with E-state index in [0.29, 0.717) is 12.4 Å². The number of urea groups is 1. The molecule has 0 spiro atoms. The Morgan fingerprint density at radius 3 is 2.83 bits per heavy atom. The fourth-order valence-corrected chi connectivity index (χ4v) is 2.11. The van der Waals surface area contributed by atoms with Gasteiger partial charge in [-0.25, -0.2) is 14.2 Å². The maximum atomic E-state index is 14.3. The topological polar surface area (TPSA) is 76.1 Å². The molecule has 122 valence electrons. The Morgan fingerprint density at radius 1 is 1.39 bits per heavy atom. The average molecular weight is 383 g/mol. The van der Waals surface area contributed by atoms with Gasteiger partial charge in [0.15, 0.2) is 11.6 Å². The third-order valence-corrected chi connectivity index (χ3v) is 3.38. The number of hydrogen-bond donors (Lipinski definition) is 2. The summed E-state index contributed by atoms with van der Waals surface area (Å²) in [5, 5.41) is 5.18. The quantitative estimate of drug-likeness (QED) is 0.826. The van der Waals surface area contributed by atoms with Gasteiger partial charge < -0.3 is 10.1 Å². The van der Waals surface area contributed by atoms with Crippen molar-refractivity contribution in [3.8, 4) is 5.75 Å². The first-order valence-corrected chi connectivity index (χ1v) is 7.76. The Bertz CT molecular complexity index is 682. The zero-order valence-corrected chi connectivity index (χ0v) is 14.2. The number of carbonyl (C=O) groups excluding carboxylic acids is 1. The van der Waals surface area contributed by atoms with Gasteiger partial charge in [0, 0.05) is 22.9 Å². The van der Waals surface area contributed by atoms with Gasteiger partial charge in [0.2, 0.25) is 0 Å². The van der Waals surface area contributed by atoms with Crippen LogP contribution in [0.2, 0.25) is 0 Å². The zero-order chi connectivity index (χ0) is 16.8. The van der Waals surface area contributed by atoms with Gasteiger partial charge in [0.05, 0.1) is 12.6 Å². The van der Waals surface area contributed by atoms with Crippen LogP contribution in [0.5, 0.6) is 5.75 Å². The predicted octanol–water partition coefficient (Wildman–Crippen LogP) is 3.66. The molecule has 0 aliphatic carbocycles. The van der Waals surface area contributed by atoms with Crippen LogP contribution in [0.15, 0.2) is 35.1 Å². The minimum atomic E-state index is -0.633. The van der Waals surface area contributed by atoms with Crippen molar-refractivity contribution in [2.45, 2.75) is 19.9 Å². The summed E-state index contributed by atoms with van der Waals surface area (Å²) < 4.78 is 20.2. The number of nitrogens with one attached hydrogen (secondary N) is 2. The molecule has 0 bridgehead atoms. The van der Waals surface area contributed by atoms with Crippen molar-refractivity contribution < 1.29 is 13.9 Å². The fourth-order valence-electron chi connectivity index (χ4n) is 1.88. The van der Waals surface area contributed by atoms with E-state index in [1.807, 2.05) is 0 Å². The van der Waals surface area contributed by atoms with Gasteiger partial charge >= 0.3 is 6.03 Å². The maximum absolute atomic E-state index is 14.3. The summed E-state index contributed by atoms with van der Waals surface area (Å²) in [4.78, 5) is 19.9. The summed E-state index contributed by atoms with van der Waals surface area (Å²) in [6.45, 7) is 3.74. The molecule has 2 aromatic heterocycles. The van der Waals surface area contributed by atoms with Crippen molar-refractivity contribution in [1.29, 1.82) is 0 Å². The molecule has 2 heterocycles. The van der Waals surface area contributed by atoms with Gasteiger partial charge in [-0.2, -0.15) is 0 Å². The molecular formula is C15H16BrFN4O2. The molecule has 0 fully saturated rings. The molecule has 2 aromatic rings. The van der Waals surface area contributed by atoms with Crippen LogP contribution in [-0.2, 0) is 0 Å². The van der Waals surface area contributed by atoms with E-state index in [9.17, 15) is 9.18 Å². The number of ether oxygens (including phenoxy) is 1. The summed E-state index contributed by atoms with van der Waals surface area (Å²) in [5.74, 6) is -0.0838. The highest BCUT2D eigenvalue weighted by molar-refractivity contribution is 9.10. The van der Waals surface area contributed by atoms with Crippen molar-refractivity contribution in [1.82, 2.24) is 15.3 Å². The first kappa shape index (κ1) is 17.1. The lowest BCUT2D eigenvalue weighted by molar-refractivity contribution is 0.248. The molecule has 0 radical (unpaired) electrons. The molecule has 1 atom stereocenters. The highest BCUT2D eigenvalue weighted by atomic mass is 79.9. The van der Waals surface area contributed by atoms with Crippen molar-refractivity contribution in [2.75, 3.05) is 11.9 Å². The number of nitrogens with zero attached hydrogens (tertiary/aromatic N) is 2. The third-order valence-electron chi connectivity index (χ3n) is 2.91. The lowest BCUT2D eigenvalue weighted by atomic mass is 10.2. The summed E-state index contributed by atoms with van der Waals surface area (Å²) in [5.41, 5.74) is 0.106. The van der Waals surface area contributed by atoms with E-state index in [1.165, 1.54) is 12.3 Å². The fraction of sp³-hybridized carbons (Fsp3) is 0.267. The summed E-state index contributed by atoms with van der Waals surface area (Å²) in [6.07, 6.45) is 3.00. The average Bonchev–Trinajstić information content (AvgIpc) is 2.51. The summed E-state index contributed by atoms with van der Waals surface area (Å²) >= 11 is 3.26. The smallest absolute Gasteiger partial charge is 0.320 e. The van der Waals surface area contributed by atoms with E-state index >= 15 is 0 Å². The number of anilines is 1. The van der Waals surface area contributed by atoms with Gasteiger partial charge in [-0.05, 0) is 41.9 Å². The number of amides is 2. The Labute approximate surface area is 141 Å². The molecule has 6 nitrogen and oxygen atoms in total. The van der Waals surface area contributed by atoms with E-state index < -0.39 is 17.9 Å². The monoisotopic (exact) mass is 382 g/mol. The molecule has 0 aliphatic heterocycles. The largest absolute Gasteiger partial charge is 0.491 e. The normalized spacial score (nSPS) is 11.7. The zero-order valence-electron chi connectivity index (χ0n) is 12.6. The molecule has 2 amide bonds. The van der Waals surface area contributed by atoms with Gasteiger partial charge in [0.25, 0.3) is 0 Å². The molecule has 1 unspecified atom stereocenters. The summed E-state index contributed by atoms with van der Waals surface area (Å²) in [6, 6.07) is 3.70. The SMILES string of the molecule is CCOc1ccnc(C(C)NC(=O)Nc2ccc(Br)cn2)c1F. The van der Waals surface area contributed by atoms with Gasteiger partial charge in [-0.3, -0.25) is 10.3 Å². The Morgan fingerprint density at radius 2 is 2.17 bits per heavy atom. The minimum absolute atomic E-state index is 0.106. The standard InChI is InChI=1S/C15H16BrFN4O2/c1-3-23-11-6-7-18-14(13(11)17)9(2)20-15(22)21-12-5-4-10(16)8-19-12/h4-9H,3H2,1-2H3,(H2,19,20,21,22). The van der Waals surface area contributed by atoms with Crippen LogP contribution in [0.4, 0.5) is 15.0 Å². The molecule has 0 aromatic carbocycles. The number of hydrogen-bond acceptors (Lipinski definition) is 4. The maximum Gasteiger partial charge on any atom is 0.320 e. The van der Waals surface area contributed by atoms with Crippen molar-refractivity contribution in [3.05, 3.63) is 46.6 Å². The van der Waals surface area contributed by atoms with Crippen LogP contribution < -0.4 is 15.4 Å². The predicted molar refractivity (Wildman–Crippen MR) is 87.9 cm³/mol. The molecule has 23 heavy (non-hydrogen) atoms. The second-order valence-electron chi connectivity index (χ2n) is 4.62. The molecule has 0 saturated carbocycles. The van der Waals surface area contributed by atoms with Crippen LogP contribution in [0.3, 0.4) is 0 Å². The molecule has 2 rings (SSSR count). The Kier molecular flexibility index (Phi) is 5.86. The Balaban J connectivity index is 2.03. The number of aromatic nitrogens is 2. The molecular weight excluding hydrogens is 367 g/mol. The van der Waals surface area contributed by atoms with Gasteiger partial charge in [0.1, 0.15) is 11.5 Å². The number of carbonyl (C=O) groups is 1. The van der Waals surface area contributed by atoms with E-state index in [-0.39, 0.29) is 11.4 Å². The molecule has 2 N–H and O–H groups in total. The lowest BCUT2D eigenvalue weighted by Crippen LogP contribution is -2.32. The number of pyridine rings is 2. The van der Waals surface area contributed by atoms with E-state index in [2.05, 4.69) is 36.5 Å². The third kappa shape index (κ3) is 4.62. The van der Waals surface area contributed by atoms with Crippen LogP contribution in [-0.4, -0.2) is 22.6 Å². The summed E-state index contributed by atoms with van der Waals surface area (Å²) in [7, 11) is 0. The number of rotatable bonds is 5. The van der Waals surface area contributed by atoms with E-state index in [0.717, 1.165) is 4.47 Å². The second kappa shape index (κ2) is 7.87. The lowest BCUT2D eigenvalue weighted by Gasteiger charge is -2.16. The van der Waals surface area contributed by atoms with E-state index in [1.54, 1.807) is 32.2 Å². The van der Waals surface area contributed by atoms with Gasteiger partial charge in [-0.15, -0.1) is 0 Å².